The van der Waals surface area contributed by atoms with Crippen molar-refractivity contribution in [2.45, 2.75) is 4.90 Å². The van der Waals surface area contributed by atoms with Gasteiger partial charge < -0.3 is 5.73 Å². The monoisotopic (exact) mass is 305 g/mol. The van der Waals surface area contributed by atoms with Crippen molar-refractivity contribution in [3.8, 4) is 6.07 Å². The third-order valence-corrected chi connectivity index (χ3v) is 4.65. The van der Waals surface area contributed by atoms with E-state index in [4.69, 9.17) is 11.0 Å². The van der Waals surface area contributed by atoms with Crippen molar-refractivity contribution in [3.05, 3.63) is 53.8 Å². The first kappa shape index (κ1) is 14.8. The molecule has 0 radical (unpaired) electrons. The van der Waals surface area contributed by atoms with E-state index in [0.717, 1.165) is 16.4 Å². The Balaban J connectivity index is 2.50. The average molecular weight is 305 g/mol. The Hall–Kier alpha value is -2.59. The van der Waals surface area contributed by atoms with Crippen molar-refractivity contribution in [3.63, 3.8) is 0 Å². The number of hydrogen-bond acceptors (Lipinski definition) is 4. The Morgan fingerprint density at radius 1 is 1.24 bits per heavy atom. The van der Waals surface area contributed by atoms with E-state index < -0.39 is 15.8 Å². The van der Waals surface area contributed by atoms with E-state index in [9.17, 15) is 12.8 Å². The predicted molar refractivity (Wildman–Crippen MR) is 77.6 cm³/mol. The molecule has 5 nitrogen and oxygen atoms in total. The minimum absolute atomic E-state index is 0.0211. The van der Waals surface area contributed by atoms with Gasteiger partial charge in [0.1, 0.15) is 5.82 Å². The molecule has 2 aromatic carbocycles. The van der Waals surface area contributed by atoms with Crippen LogP contribution >= 0.6 is 0 Å². The Morgan fingerprint density at radius 3 is 2.57 bits per heavy atom. The summed E-state index contributed by atoms with van der Waals surface area (Å²) in [5.41, 5.74) is 6.13. The first-order chi connectivity index (χ1) is 9.84. The van der Waals surface area contributed by atoms with Crippen molar-refractivity contribution in [1.82, 2.24) is 0 Å². The van der Waals surface area contributed by atoms with E-state index in [0.29, 0.717) is 11.3 Å². The van der Waals surface area contributed by atoms with Gasteiger partial charge in [-0.25, -0.2) is 12.8 Å². The summed E-state index contributed by atoms with van der Waals surface area (Å²) in [5.74, 6) is -0.729. The van der Waals surface area contributed by atoms with Gasteiger partial charge in [0.05, 0.1) is 22.2 Å². The fourth-order valence-corrected chi connectivity index (χ4v) is 3.06. The molecule has 0 aliphatic rings. The van der Waals surface area contributed by atoms with Crippen LogP contribution in [0.4, 0.5) is 15.8 Å². The predicted octanol–water partition coefficient (Wildman–Crippen LogP) is 2.10. The van der Waals surface area contributed by atoms with Crippen LogP contribution in [0, 0.1) is 17.1 Å². The lowest BCUT2D eigenvalue weighted by Gasteiger charge is -2.20. The Kier molecular flexibility index (Phi) is 3.82. The second-order valence-corrected chi connectivity index (χ2v) is 6.32. The second-order valence-electron chi connectivity index (χ2n) is 4.35. The van der Waals surface area contributed by atoms with Crippen molar-refractivity contribution >= 4 is 21.4 Å². The summed E-state index contributed by atoms with van der Waals surface area (Å²) in [7, 11) is -2.63. The molecule has 0 aromatic heterocycles. The van der Waals surface area contributed by atoms with Crippen LogP contribution in [0.1, 0.15) is 5.56 Å². The standard InChI is InChI=1S/C14H12FN3O2S/c1-18(13-4-2-3-10(5-13)9-16)21(19,20)14-7-11(15)6-12(17)8-14/h2-8H,17H2,1H3. The Morgan fingerprint density at radius 2 is 1.95 bits per heavy atom. The summed E-state index contributed by atoms with van der Waals surface area (Å²) in [4.78, 5) is -0.245. The maximum atomic E-state index is 13.3. The normalized spacial score (nSPS) is 10.9. The summed E-state index contributed by atoms with van der Waals surface area (Å²) in [6.07, 6.45) is 0. The number of nitrogen functional groups attached to an aromatic ring is 1. The number of rotatable bonds is 3. The highest BCUT2D eigenvalue weighted by molar-refractivity contribution is 7.92. The summed E-state index contributed by atoms with van der Waals surface area (Å²) >= 11 is 0. The summed E-state index contributed by atoms with van der Waals surface area (Å²) < 4.78 is 39.2. The summed E-state index contributed by atoms with van der Waals surface area (Å²) in [6, 6.07) is 11.2. The first-order valence-corrected chi connectivity index (χ1v) is 7.34. The van der Waals surface area contributed by atoms with Gasteiger partial charge >= 0.3 is 0 Å². The molecule has 2 N–H and O–H groups in total. The molecule has 0 aliphatic carbocycles. The SMILES string of the molecule is CN(c1cccc(C#N)c1)S(=O)(=O)c1cc(N)cc(F)c1. The molecule has 7 heteroatoms. The number of anilines is 2. The molecule has 0 amide bonds. The van der Waals surface area contributed by atoms with Crippen LogP contribution in [-0.4, -0.2) is 15.5 Å². The number of nitrogens with zero attached hydrogens (tertiary/aromatic N) is 2. The molecular weight excluding hydrogens is 293 g/mol. The lowest BCUT2D eigenvalue weighted by Crippen LogP contribution is -2.26. The van der Waals surface area contributed by atoms with Crippen molar-refractivity contribution in [2.75, 3.05) is 17.1 Å². The molecule has 0 aliphatic heterocycles. The van der Waals surface area contributed by atoms with Gasteiger partial charge in [0.15, 0.2) is 0 Å². The molecule has 0 atom stereocenters. The fraction of sp³-hybridized carbons (Fsp3) is 0.0714. The van der Waals surface area contributed by atoms with Gasteiger partial charge in [0, 0.05) is 12.7 Å². The van der Waals surface area contributed by atoms with E-state index in [1.54, 1.807) is 18.2 Å². The van der Waals surface area contributed by atoms with E-state index in [2.05, 4.69) is 0 Å². The lowest BCUT2D eigenvalue weighted by atomic mass is 10.2. The molecular formula is C14H12FN3O2S. The minimum atomic E-state index is -3.96. The zero-order valence-electron chi connectivity index (χ0n) is 11.1. The van der Waals surface area contributed by atoms with Gasteiger partial charge in [0.25, 0.3) is 10.0 Å². The maximum absolute atomic E-state index is 13.3. The highest BCUT2D eigenvalue weighted by Crippen LogP contribution is 2.24. The smallest absolute Gasteiger partial charge is 0.264 e. The average Bonchev–Trinajstić information content (AvgIpc) is 2.45. The number of benzene rings is 2. The lowest BCUT2D eigenvalue weighted by molar-refractivity contribution is 0.589. The molecule has 0 fully saturated rings. The van der Waals surface area contributed by atoms with Crippen molar-refractivity contribution in [1.29, 1.82) is 5.26 Å². The summed E-state index contributed by atoms with van der Waals surface area (Å²) in [5, 5.41) is 8.85. The van der Waals surface area contributed by atoms with Gasteiger partial charge in [0.2, 0.25) is 0 Å². The maximum Gasteiger partial charge on any atom is 0.264 e. The van der Waals surface area contributed by atoms with Crippen LogP contribution in [0.3, 0.4) is 0 Å². The molecule has 108 valence electrons. The second kappa shape index (κ2) is 5.42. The molecule has 0 spiro atoms. The van der Waals surface area contributed by atoms with Crippen LogP contribution < -0.4 is 10.0 Å². The third-order valence-electron chi connectivity index (χ3n) is 2.89. The molecule has 2 aromatic rings. The van der Waals surface area contributed by atoms with E-state index in [1.165, 1.54) is 19.2 Å². The van der Waals surface area contributed by atoms with Crippen LogP contribution in [-0.2, 0) is 10.0 Å². The van der Waals surface area contributed by atoms with E-state index in [-0.39, 0.29) is 10.6 Å². The zero-order valence-corrected chi connectivity index (χ0v) is 11.9. The largest absolute Gasteiger partial charge is 0.399 e. The first-order valence-electron chi connectivity index (χ1n) is 5.90. The minimum Gasteiger partial charge on any atom is -0.399 e. The fourth-order valence-electron chi connectivity index (χ4n) is 1.80. The molecule has 0 saturated heterocycles. The molecule has 21 heavy (non-hydrogen) atoms. The van der Waals surface area contributed by atoms with Crippen LogP contribution in [0.2, 0.25) is 0 Å². The van der Waals surface area contributed by atoms with Crippen molar-refractivity contribution < 1.29 is 12.8 Å². The van der Waals surface area contributed by atoms with Crippen LogP contribution in [0.5, 0.6) is 0 Å². The third kappa shape index (κ3) is 2.95. The molecule has 0 saturated carbocycles. The van der Waals surface area contributed by atoms with Gasteiger partial charge in [-0.15, -0.1) is 0 Å². The van der Waals surface area contributed by atoms with Gasteiger partial charge in [-0.2, -0.15) is 5.26 Å². The number of nitriles is 1. The Labute approximate surface area is 122 Å². The van der Waals surface area contributed by atoms with Crippen molar-refractivity contribution in [2.24, 2.45) is 0 Å². The quantitative estimate of drug-likeness (QED) is 0.880. The van der Waals surface area contributed by atoms with E-state index in [1.807, 2.05) is 6.07 Å². The van der Waals surface area contributed by atoms with Gasteiger partial charge in [-0.3, -0.25) is 4.31 Å². The molecule has 2 rings (SSSR count). The number of halogens is 1. The number of sulfonamides is 1. The zero-order chi connectivity index (χ0) is 15.6. The summed E-state index contributed by atoms with van der Waals surface area (Å²) in [6.45, 7) is 0. The molecule has 0 unspecified atom stereocenters. The topological polar surface area (TPSA) is 87.2 Å². The van der Waals surface area contributed by atoms with E-state index >= 15 is 0 Å². The van der Waals surface area contributed by atoms with Crippen LogP contribution in [0.15, 0.2) is 47.4 Å². The highest BCUT2D eigenvalue weighted by atomic mass is 32.2. The van der Waals surface area contributed by atoms with Gasteiger partial charge in [-0.05, 0) is 36.4 Å². The number of nitrogens with two attached hydrogens (primary N) is 1. The molecule has 0 heterocycles. The van der Waals surface area contributed by atoms with Crippen LogP contribution in [0.25, 0.3) is 0 Å². The van der Waals surface area contributed by atoms with Gasteiger partial charge in [-0.1, -0.05) is 6.07 Å². The Bertz CT molecular complexity index is 808. The highest BCUT2D eigenvalue weighted by Gasteiger charge is 2.22. The molecule has 0 bridgehead atoms. The number of hydrogen-bond donors (Lipinski definition) is 1.